The summed E-state index contributed by atoms with van der Waals surface area (Å²) in [6, 6.07) is 0. The summed E-state index contributed by atoms with van der Waals surface area (Å²) in [5, 5.41) is 0. The molecule has 0 amide bonds. The molecule has 0 aliphatic heterocycles. The van der Waals surface area contributed by atoms with Gasteiger partial charge in [-0.25, -0.2) is 0 Å². The second-order valence-corrected chi connectivity index (χ2v) is 13.3. The minimum absolute atomic E-state index is 1.25. The van der Waals surface area contributed by atoms with Crippen LogP contribution in [0, 0.1) is 0 Å². The van der Waals surface area contributed by atoms with Crippen LogP contribution in [-0.2, 0) is 0 Å². The highest BCUT2D eigenvalue weighted by Gasteiger charge is 2.13. The number of quaternary nitrogens is 1. The first-order valence-electron chi connectivity index (χ1n) is 17.9. The quantitative estimate of drug-likeness (QED) is 0.0608. The van der Waals surface area contributed by atoms with Crippen LogP contribution in [0.15, 0.2) is 0 Å². The Hall–Kier alpha value is -0.0400. The summed E-state index contributed by atoms with van der Waals surface area (Å²) in [4.78, 5) is 0. The smallest absolute Gasteiger partial charge is 0.0782 e. The topological polar surface area (TPSA) is 0 Å². The van der Waals surface area contributed by atoms with Gasteiger partial charge in [-0.3, -0.25) is 0 Å². The molecule has 0 heterocycles. The largest absolute Gasteiger partial charge is 0.328 e. The van der Waals surface area contributed by atoms with Gasteiger partial charge in [-0.15, -0.1) is 0 Å². The van der Waals surface area contributed by atoms with Gasteiger partial charge in [-0.05, 0) is 25.7 Å². The minimum atomic E-state index is 1.25. The summed E-state index contributed by atoms with van der Waals surface area (Å²) in [7, 11) is 4.93. The van der Waals surface area contributed by atoms with E-state index in [-0.39, 0.29) is 0 Å². The first-order valence-corrected chi connectivity index (χ1v) is 17.9. The zero-order valence-corrected chi connectivity index (χ0v) is 27.1. The maximum Gasteiger partial charge on any atom is 0.0782 e. The maximum atomic E-state index is 2.47. The normalized spacial score (nSPS) is 12.0. The number of unbranched alkanes of at least 4 members (excludes halogenated alkanes) is 28. The molecular formula is C36H76N+. The fraction of sp³-hybridized carbons (Fsp3) is 1.00. The Morgan fingerprint density at radius 2 is 0.405 bits per heavy atom. The van der Waals surface area contributed by atoms with Gasteiger partial charge in [-0.1, -0.05) is 181 Å². The predicted octanol–water partition coefficient (Wildman–Crippen LogP) is 12.8. The molecule has 0 bridgehead atoms. The van der Waals surface area contributed by atoms with Crippen molar-refractivity contribution in [2.45, 2.75) is 206 Å². The van der Waals surface area contributed by atoms with Gasteiger partial charge in [0.05, 0.1) is 27.2 Å². The molecule has 37 heavy (non-hydrogen) atoms. The lowest BCUT2D eigenvalue weighted by Crippen LogP contribution is -2.41. The van der Waals surface area contributed by atoms with E-state index in [1.54, 1.807) is 0 Å². The molecule has 0 aliphatic carbocycles. The molecule has 0 spiro atoms. The van der Waals surface area contributed by atoms with E-state index in [2.05, 4.69) is 27.9 Å². The van der Waals surface area contributed by atoms with Crippen molar-refractivity contribution >= 4 is 0 Å². The van der Waals surface area contributed by atoms with Gasteiger partial charge in [0.25, 0.3) is 0 Å². The first kappa shape index (κ1) is 37.0. The van der Waals surface area contributed by atoms with Crippen LogP contribution >= 0.6 is 0 Å². The van der Waals surface area contributed by atoms with Crippen molar-refractivity contribution in [2.75, 3.05) is 27.2 Å². The lowest BCUT2D eigenvalue weighted by Gasteiger charge is -2.30. The number of hydrogen-bond acceptors (Lipinski definition) is 0. The molecule has 0 aromatic rings. The van der Waals surface area contributed by atoms with Gasteiger partial charge in [0, 0.05) is 0 Å². The average Bonchev–Trinajstić information content (AvgIpc) is 2.88. The van der Waals surface area contributed by atoms with Crippen molar-refractivity contribution in [3.05, 3.63) is 0 Å². The van der Waals surface area contributed by atoms with Crippen LogP contribution in [0.1, 0.15) is 206 Å². The highest BCUT2D eigenvalue weighted by atomic mass is 15.3. The number of rotatable bonds is 32. The third kappa shape index (κ3) is 32.1. The Kier molecular flexibility index (Phi) is 30.5. The molecule has 0 aromatic heterocycles. The monoisotopic (exact) mass is 523 g/mol. The molecule has 0 fully saturated rings. The van der Waals surface area contributed by atoms with Crippen molar-refractivity contribution in [2.24, 2.45) is 0 Å². The number of hydrogen-bond donors (Lipinski definition) is 0. The zero-order chi connectivity index (χ0) is 27.1. The molecule has 0 radical (unpaired) electrons. The standard InChI is InChI=1S/C36H76N/c1-5-7-9-11-13-15-17-19-21-23-25-27-29-31-33-35-37(3,4)36-34-32-30-28-26-24-22-20-18-16-14-12-10-8-6-2/h5-36H2,1-4H3/q+1. The van der Waals surface area contributed by atoms with E-state index in [0.717, 1.165) is 0 Å². The summed E-state index contributed by atoms with van der Waals surface area (Å²) in [5.74, 6) is 0. The van der Waals surface area contributed by atoms with Gasteiger partial charge in [0.15, 0.2) is 0 Å². The molecule has 0 saturated carbocycles. The van der Waals surface area contributed by atoms with E-state index in [1.165, 1.54) is 210 Å². The van der Waals surface area contributed by atoms with Crippen LogP contribution in [0.2, 0.25) is 0 Å². The van der Waals surface area contributed by atoms with E-state index in [0.29, 0.717) is 0 Å². The van der Waals surface area contributed by atoms with Crippen LogP contribution in [0.5, 0.6) is 0 Å². The van der Waals surface area contributed by atoms with Gasteiger partial charge in [0.1, 0.15) is 0 Å². The Balaban J connectivity index is 3.27. The molecule has 0 atom stereocenters. The lowest BCUT2D eigenvalue weighted by molar-refractivity contribution is -0.890. The third-order valence-electron chi connectivity index (χ3n) is 8.73. The fourth-order valence-electron chi connectivity index (χ4n) is 5.93. The third-order valence-corrected chi connectivity index (χ3v) is 8.73. The Labute approximate surface area is 237 Å². The van der Waals surface area contributed by atoms with Crippen LogP contribution in [0.25, 0.3) is 0 Å². The van der Waals surface area contributed by atoms with Crippen LogP contribution in [0.3, 0.4) is 0 Å². The van der Waals surface area contributed by atoms with Crippen LogP contribution in [0.4, 0.5) is 0 Å². The lowest BCUT2D eigenvalue weighted by atomic mass is 10.0. The summed E-state index contributed by atoms with van der Waals surface area (Å²) in [6.45, 7) is 7.39. The molecule has 0 N–H and O–H groups in total. The SMILES string of the molecule is CCCCCCCCCCCCCCCCC[N+](C)(C)CCCCCCCCCCCCCCCCC. The van der Waals surface area contributed by atoms with E-state index in [1.807, 2.05) is 0 Å². The van der Waals surface area contributed by atoms with Crippen molar-refractivity contribution in [3.63, 3.8) is 0 Å². The second-order valence-electron chi connectivity index (χ2n) is 13.3. The first-order chi connectivity index (χ1) is 18.1. The van der Waals surface area contributed by atoms with E-state index in [4.69, 9.17) is 0 Å². The molecule has 1 heteroatoms. The minimum Gasteiger partial charge on any atom is -0.328 e. The molecule has 0 rings (SSSR count). The van der Waals surface area contributed by atoms with E-state index in [9.17, 15) is 0 Å². The summed E-state index contributed by atoms with van der Waals surface area (Å²) >= 11 is 0. The molecule has 0 unspecified atom stereocenters. The van der Waals surface area contributed by atoms with Crippen LogP contribution < -0.4 is 0 Å². The van der Waals surface area contributed by atoms with Gasteiger partial charge in [0.2, 0.25) is 0 Å². The average molecular weight is 523 g/mol. The van der Waals surface area contributed by atoms with Crippen molar-refractivity contribution < 1.29 is 4.48 Å². The van der Waals surface area contributed by atoms with Crippen molar-refractivity contribution in [1.29, 1.82) is 0 Å². The van der Waals surface area contributed by atoms with Crippen LogP contribution in [-0.4, -0.2) is 31.7 Å². The fourth-order valence-corrected chi connectivity index (χ4v) is 5.93. The van der Waals surface area contributed by atoms with Gasteiger partial charge < -0.3 is 4.48 Å². The number of nitrogens with zero attached hydrogens (tertiary/aromatic N) is 1. The van der Waals surface area contributed by atoms with E-state index < -0.39 is 0 Å². The molecular weight excluding hydrogens is 446 g/mol. The van der Waals surface area contributed by atoms with E-state index >= 15 is 0 Å². The maximum absolute atomic E-state index is 2.47. The molecule has 1 nitrogen and oxygen atoms in total. The van der Waals surface area contributed by atoms with Gasteiger partial charge in [-0.2, -0.15) is 0 Å². The molecule has 0 saturated heterocycles. The van der Waals surface area contributed by atoms with Crippen molar-refractivity contribution in [3.8, 4) is 0 Å². The Morgan fingerprint density at radius 1 is 0.243 bits per heavy atom. The summed E-state index contributed by atoms with van der Waals surface area (Å²) in [6.07, 6.45) is 43.9. The second kappa shape index (κ2) is 30.5. The van der Waals surface area contributed by atoms with Gasteiger partial charge >= 0.3 is 0 Å². The molecule has 0 aliphatic rings. The highest BCUT2D eigenvalue weighted by molar-refractivity contribution is 4.52. The molecule has 224 valence electrons. The summed E-state index contributed by atoms with van der Waals surface area (Å²) in [5.41, 5.74) is 0. The summed E-state index contributed by atoms with van der Waals surface area (Å²) < 4.78 is 1.25. The Morgan fingerprint density at radius 3 is 0.595 bits per heavy atom. The Bertz CT molecular complexity index is 365. The highest BCUT2D eigenvalue weighted by Crippen LogP contribution is 2.16. The molecule has 0 aromatic carbocycles. The zero-order valence-electron chi connectivity index (χ0n) is 27.1. The van der Waals surface area contributed by atoms with Crippen molar-refractivity contribution in [1.82, 2.24) is 0 Å². The predicted molar refractivity (Wildman–Crippen MR) is 172 cm³/mol.